The van der Waals surface area contributed by atoms with Crippen LogP contribution in [0.2, 0.25) is 0 Å². The zero-order chi connectivity index (χ0) is 22.2. The maximum absolute atomic E-state index is 11.7. The first-order valence-electron chi connectivity index (χ1n) is 9.88. The molecule has 160 valence electrons. The number of nitrogens with two attached hydrogens (primary N) is 1. The molecule has 0 bridgehead atoms. The molecular weight excluding hydrogens is 413 g/mol. The Morgan fingerprint density at radius 2 is 2.09 bits per heavy atom. The highest BCUT2D eigenvalue weighted by Gasteiger charge is 2.24. The standard InChI is InChI=1S/C20H18BN7O4/c22-16(29)13-5-2-7-28-19(13)26-27-20(28)18-24-14-6-8-32-15(14)17(25-18)23-10-11-3-1-4-12(9-11)21(30)31/h1-5,7,9,30-31H,6,8,10H2,(H2,22,29)(H,23,24,25). The lowest BCUT2D eigenvalue weighted by Crippen LogP contribution is -2.30. The molecule has 1 aliphatic heterocycles. The van der Waals surface area contributed by atoms with Crippen molar-refractivity contribution in [2.45, 2.75) is 13.0 Å². The van der Waals surface area contributed by atoms with Crippen LogP contribution in [0.5, 0.6) is 5.75 Å². The second-order valence-electron chi connectivity index (χ2n) is 7.25. The van der Waals surface area contributed by atoms with Gasteiger partial charge in [-0.1, -0.05) is 24.3 Å². The quantitative estimate of drug-likeness (QED) is 0.295. The van der Waals surface area contributed by atoms with Gasteiger partial charge in [0.2, 0.25) is 11.6 Å². The summed E-state index contributed by atoms with van der Waals surface area (Å²) in [4.78, 5) is 20.9. The average molecular weight is 431 g/mol. The smallest absolute Gasteiger partial charge is 0.487 e. The molecule has 0 atom stereocenters. The summed E-state index contributed by atoms with van der Waals surface area (Å²) in [6.07, 6.45) is 2.33. The molecule has 0 saturated heterocycles. The van der Waals surface area contributed by atoms with E-state index in [4.69, 9.17) is 10.5 Å². The summed E-state index contributed by atoms with van der Waals surface area (Å²) in [5.74, 6) is 1.14. The highest BCUT2D eigenvalue weighted by Crippen LogP contribution is 2.33. The Morgan fingerprint density at radius 1 is 1.22 bits per heavy atom. The Labute approximate surface area is 182 Å². The zero-order valence-electron chi connectivity index (χ0n) is 16.8. The Bertz CT molecular complexity index is 1340. The van der Waals surface area contributed by atoms with Gasteiger partial charge in [-0.3, -0.25) is 9.20 Å². The molecule has 11 nitrogen and oxygen atoms in total. The fourth-order valence-electron chi connectivity index (χ4n) is 3.60. The van der Waals surface area contributed by atoms with Crippen molar-refractivity contribution in [3.8, 4) is 17.4 Å². The molecule has 4 aromatic rings. The number of carbonyl (C=O) groups is 1. The highest BCUT2D eigenvalue weighted by molar-refractivity contribution is 6.58. The number of amides is 1. The Morgan fingerprint density at radius 3 is 2.91 bits per heavy atom. The lowest BCUT2D eigenvalue weighted by Gasteiger charge is -2.12. The normalized spacial score (nSPS) is 12.4. The summed E-state index contributed by atoms with van der Waals surface area (Å²) in [7, 11) is -1.54. The number of aromatic nitrogens is 5. The topological polar surface area (TPSA) is 161 Å². The molecule has 4 heterocycles. The number of anilines is 1. The van der Waals surface area contributed by atoms with E-state index in [1.165, 1.54) is 0 Å². The van der Waals surface area contributed by atoms with Crippen LogP contribution in [0.1, 0.15) is 21.6 Å². The van der Waals surface area contributed by atoms with E-state index in [1.54, 1.807) is 40.9 Å². The van der Waals surface area contributed by atoms with Crippen LogP contribution >= 0.6 is 0 Å². The van der Waals surface area contributed by atoms with Crippen molar-refractivity contribution in [3.05, 3.63) is 59.4 Å². The molecule has 1 aromatic carbocycles. The maximum Gasteiger partial charge on any atom is 0.488 e. The third-order valence-electron chi connectivity index (χ3n) is 5.13. The molecule has 5 rings (SSSR count). The lowest BCUT2D eigenvalue weighted by molar-refractivity contribution is 0.100. The first-order valence-corrected chi connectivity index (χ1v) is 9.88. The number of rotatable bonds is 6. The Balaban J connectivity index is 1.52. The van der Waals surface area contributed by atoms with E-state index >= 15 is 0 Å². The average Bonchev–Trinajstić information content (AvgIpc) is 3.44. The van der Waals surface area contributed by atoms with E-state index in [9.17, 15) is 14.8 Å². The van der Waals surface area contributed by atoms with Crippen LogP contribution in [0.15, 0.2) is 42.6 Å². The molecule has 1 amide bonds. The number of pyridine rings is 1. The van der Waals surface area contributed by atoms with Crippen molar-refractivity contribution in [3.63, 3.8) is 0 Å². The number of nitrogens with one attached hydrogen (secondary N) is 1. The van der Waals surface area contributed by atoms with Gasteiger partial charge >= 0.3 is 7.12 Å². The molecular formula is C20H18BN7O4. The van der Waals surface area contributed by atoms with E-state index in [0.717, 1.165) is 11.3 Å². The third-order valence-corrected chi connectivity index (χ3v) is 5.13. The molecule has 0 unspecified atom stereocenters. The summed E-state index contributed by atoms with van der Waals surface area (Å²) in [5, 5.41) is 30.3. The van der Waals surface area contributed by atoms with Crippen molar-refractivity contribution in [1.29, 1.82) is 0 Å². The van der Waals surface area contributed by atoms with Gasteiger partial charge < -0.3 is 25.8 Å². The van der Waals surface area contributed by atoms with E-state index in [0.29, 0.717) is 53.9 Å². The third kappa shape index (κ3) is 3.51. The van der Waals surface area contributed by atoms with E-state index in [1.807, 2.05) is 6.07 Å². The second-order valence-corrected chi connectivity index (χ2v) is 7.25. The lowest BCUT2D eigenvalue weighted by atomic mass is 9.80. The SMILES string of the molecule is NC(=O)c1cccn2c(-c3nc4c(c(NCc5cccc(B(O)O)c5)n3)OCC4)nnc12. The predicted molar refractivity (Wildman–Crippen MR) is 115 cm³/mol. The van der Waals surface area contributed by atoms with Gasteiger partial charge in [0.15, 0.2) is 17.2 Å². The summed E-state index contributed by atoms with van der Waals surface area (Å²) in [5.41, 5.74) is 7.98. The van der Waals surface area contributed by atoms with Crippen LogP contribution in [0.4, 0.5) is 5.82 Å². The molecule has 5 N–H and O–H groups in total. The van der Waals surface area contributed by atoms with Gasteiger partial charge in [0.25, 0.3) is 5.91 Å². The van der Waals surface area contributed by atoms with Crippen LogP contribution in [0.3, 0.4) is 0 Å². The summed E-state index contributed by atoms with van der Waals surface area (Å²) >= 11 is 0. The molecule has 3 aromatic heterocycles. The van der Waals surface area contributed by atoms with Crippen LogP contribution < -0.4 is 21.3 Å². The molecule has 1 aliphatic rings. The van der Waals surface area contributed by atoms with Gasteiger partial charge in [0.1, 0.15) is 0 Å². The molecule has 0 spiro atoms. The molecule has 0 radical (unpaired) electrons. The predicted octanol–water partition coefficient (Wildman–Crippen LogP) is -0.488. The van der Waals surface area contributed by atoms with Crippen molar-refractivity contribution < 1.29 is 19.6 Å². The van der Waals surface area contributed by atoms with Gasteiger partial charge in [0.05, 0.1) is 17.9 Å². The Hall–Kier alpha value is -4.03. The molecule has 0 saturated carbocycles. The highest BCUT2D eigenvalue weighted by atomic mass is 16.5. The number of benzene rings is 1. The van der Waals surface area contributed by atoms with Crippen LogP contribution in [0, 0.1) is 0 Å². The first kappa shape index (κ1) is 19.9. The van der Waals surface area contributed by atoms with Crippen molar-refractivity contribution in [1.82, 2.24) is 24.6 Å². The first-order chi connectivity index (χ1) is 15.5. The van der Waals surface area contributed by atoms with Gasteiger partial charge in [-0.05, 0) is 23.2 Å². The van der Waals surface area contributed by atoms with Crippen molar-refractivity contribution in [2.24, 2.45) is 5.73 Å². The van der Waals surface area contributed by atoms with Gasteiger partial charge in [-0.2, -0.15) is 0 Å². The molecule has 0 aliphatic carbocycles. The minimum Gasteiger partial charge on any atom is -0.487 e. The molecule has 12 heteroatoms. The number of fused-ring (bicyclic) bond motifs is 2. The number of nitrogens with zero attached hydrogens (tertiary/aromatic N) is 5. The number of primary amides is 1. The van der Waals surface area contributed by atoms with Crippen LogP contribution in [-0.2, 0) is 13.0 Å². The number of ether oxygens (including phenoxy) is 1. The molecule has 0 fully saturated rings. The largest absolute Gasteiger partial charge is 0.488 e. The van der Waals surface area contributed by atoms with Crippen molar-refractivity contribution >= 4 is 30.0 Å². The van der Waals surface area contributed by atoms with E-state index in [2.05, 4.69) is 25.5 Å². The minimum atomic E-state index is -1.54. The fourth-order valence-corrected chi connectivity index (χ4v) is 3.60. The van der Waals surface area contributed by atoms with Gasteiger partial charge in [-0.15, -0.1) is 10.2 Å². The van der Waals surface area contributed by atoms with Crippen molar-refractivity contribution in [2.75, 3.05) is 11.9 Å². The van der Waals surface area contributed by atoms with Gasteiger partial charge in [-0.25, -0.2) is 9.97 Å². The maximum atomic E-state index is 11.7. The Kier molecular flexibility index (Phi) is 4.92. The van der Waals surface area contributed by atoms with E-state index < -0.39 is 13.0 Å². The minimum absolute atomic E-state index is 0.250. The zero-order valence-corrected chi connectivity index (χ0v) is 16.8. The fraction of sp³-hybridized carbons (Fsp3) is 0.150. The number of hydrogen-bond acceptors (Lipinski definition) is 9. The van der Waals surface area contributed by atoms with Gasteiger partial charge in [0, 0.05) is 19.2 Å². The second kappa shape index (κ2) is 7.91. The monoisotopic (exact) mass is 431 g/mol. The number of carbonyl (C=O) groups excluding carboxylic acids is 1. The summed E-state index contributed by atoms with van der Waals surface area (Å²) < 4.78 is 7.34. The van der Waals surface area contributed by atoms with Crippen LogP contribution in [0.25, 0.3) is 17.3 Å². The summed E-state index contributed by atoms with van der Waals surface area (Å²) in [6.45, 7) is 0.861. The number of hydrogen-bond donors (Lipinski definition) is 4. The van der Waals surface area contributed by atoms with Crippen LogP contribution in [-0.4, -0.2) is 54.2 Å². The van der Waals surface area contributed by atoms with E-state index in [-0.39, 0.29) is 5.56 Å². The molecule has 32 heavy (non-hydrogen) atoms. The summed E-state index contributed by atoms with van der Waals surface area (Å²) in [6, 6.07) is 10.2.